The molecular weight excluding hydrogens is 236 g/mol. The number of hydrogen-bond donors (Lipinski definition) is 2. The molecule has 0 unspecified atom stereocenters. The Bertz CT molecular complexity index is 528. The molecule has 1 aliphatic heterocycles. The van der Waals surface area contributed by atoms with E-state index in [9.17, 15) is 5.11 Å². The lowest BCUT2D eigenvalue weighted by Gasteiger charge is -2.25. The van der Waals surface area contributed by atoms with E-state index in [1.165, 1.54) is 43.3 Å². The molecule has 0 saturated carbocycles. The van der Waals surface area contributed by atoms with Crippen molar-refractivity contribution in [2.75, 3.05) is 19.6 Å². The van der Waals surface area contributed by atoms with Crippen LogP contribution < -0.4 is 4.90 Å². The van der Waals surface area contributed by atoms with Gasteiger partial charge < -0.3 is 14.6 Å². The van der Waals surface area contributed by atoms with Gasteiger partial charge in [-0.25, -0.2) is 0 Å². The number of aliphatic hydroxyl groups excluding tert-OH is 1. The highest BCUT2D eigenvalue weighted by Gasteiger charge is 2.18. The Labute approximate surface area is 114 Å². The molecule has 2 heterocycles. The van der Waals surface area contributed by atoms with Gasteiger partial charge in [0, 0.05) is 11.7 Å². The summed E-state index contributed by atoms with van der Waals surface area (Å²) < 4.78 is 2.17. The van der Waals surface area contributed by atoms with E-state index in [0.717, 1.165) is 6.54 Å². The molecule has 3 heteroatoms. The van der Waals surface area contributed by atoms with Crippen molar-refractivity contribution in [3.8, 4) is 0 Å². The highest BCUT2D eigenvalue weighted by molar-refractivity contribution is 5.79. The summed E-state index contributed by atoms with van der Waals surface area (Å²) in [6.07, 6.45) is 5.83. The Hall–Kier alpha value is -1.32. The highest BCUT2D eigenvalue weighted by Crippen LogP contribution is 2.15. The van der Waals surface area contributed by atoms with Gasteiger partial charge in [0.2, 0.25) is 0 Å². The largest absolute Gasteiger partial charge is 0.385 e. The van der Waals surface area contributed by atoms with E-state index in [1.807, 2.05) is 0 Å². The van der Waals surface area contributed by atoms with Crippen molar-refractivity contribution in [3.05, 3.63) is 36.5 Å². The topological polar surface area (TPSA) is 29.6 Å². The van der Waals surface area contributed by atoms with Crippen LogP contribution in [-0.2, 0) is 6.54 Å². The maximum absolute atomic E-state index is 10.3. The van der Waals surface area contributed by atoms with E-state index in [0.29, 0.717) is 6.54 Å². The minimum Gasteiger partial charge on any atom is -0.385 e. The molecule has 0 radical (unpaired) electrons. The van der Waals surface area contributed by atoms with Crippen LogP contribution >= 0.6 is 0 Å². The third kappa shape index (κ3) is 2.99. The standard InChI is InChI=1S/C16H22N2O/c19-15(12-17-9-4-1-5-10-17)13-18-11-8-14-6-2-3-7-16(14)18/h2-3,6-8,11,15,19H,1,4-5,9-10,12-13H2/p+1/t15-/m0/s1. The van der Waals surface area contributed by atoms with Gasteiger partial charge in [-0.15, -0.1) is 0 Å². The number of aliphatic hydroxyl groups is 1. The zero-order valence-electron chi connectivity index (χ0n) is 11.4. The number of nitrogens with zero attached hydrogens (tertiary/aromatic N) is 1. The normalized spacial score (nSPS) is 18.8. The van der Waals surface area contributed by atoms with Gasteiger partial charge >= 0.3 is 0 Å². The molecule has 2 aromatic rings. The first kappa shape index (κ1) is 12.7. The molecule has 102 valence electrons. The summed E-state index contributed by atoms with van der Waals surface area (Å²) >= 11 is 0. The molecular formula is C16H23N2O+. The summed E-state index contributed by atoms with van der Waals surface area (Å²) in [5.41, 5.74) is 1.22. The van der Waals surface area contributed by atoms with Crippen LogP contribution in [-0.4, -0.2) is 35.4 Å². The lowest BCUT2D eigenvalue weighted by atomic mass is 10.1. The Balaban J connectivity index is 1.63. The number of likely N-dealkylation sites (tertiary alicyclic amines) is 1. The van der Waals surface area contributed by atoms with E-state index >= 15 is 0 Å². The van der Waals surface area contributed by atoms with E-state index < -0.39 is 0 Å². The minimum absolute atomic E-state index is 0.246. The highest BCUT2D eigenvalue weighted by atomic mass is 16.3. The smallest absolute Gasteiger partial charge is 0.121 e. The number of fused-ring (bicyclic) bond motifs is 1. The number of rotatable bonds is 4. The van der Waals surface area contributed by atoms with Gasteiger partial charge in [0.25, 0.3) is 0 Å². The molecule has 3 rings (SSSR count). The number of nitrogens with one attached hydrogen (secondary N) is 1. The van der Waals surface area contributed by atoms with E-state index in [2.05, 4.69) is 41.1 Å². The number of benzene rings is 1. The van der Waals surface area contributed by atoms with Gasteiger partial charge in [-0.3, -0.25) is 0 Å². The molecule has 0 spiro atoms. The molecule has 0 aliphatic carbocycles. The van der Waals surface area contributed by atoms with Gasteiger partial charge in [-0.05, 0) is 36.8 Å². The van der Waals surface area contributed by atoms with Crippen LogP contribution in [0.3, 0.4) is 0 Å². The average Bonchev–Trinajstić information content (AvgIpc) is 2.83. The van der Waals surface area contributed by atoms with Gasteiger partial charge in [0.15, 0.2) is 0 Å². The Morgan fingerprint density at radius 2 is 1.89 bits per heavy atom. The predicted octanol–water partition coefficient (Wildman–Crippen LogP) is 1.07. The van der Waals surface area contributed by atoms with Crippen LogP contribution in [0.15, 0.2) is 36.5 Å². The molecule has 1 saturated heterocycles. The maximum atomic E-state index is 10.3. The SMILES string of the molecule is O[C@H](Cn1ccc2ccccc21)C[NH+]1CCCCC1. The van der Waals surface area contributed by atoms with Crippen LogP contribution in [0.5, 0.6) is 0 Å². The molecule has 1 aromatic carbocycles. The van der Waals surface area contributed by atoms with Crippen LogP contribution in [0.25, 0.3) is 10.9 Å². The second-order valence-corrected chi connectivity index (χ2v) is 5.70. The lowest BCUT2D eigenvalue weighted by molar-refractivity contribution is -0.908. The first-order chi connectivity index (χ1) is 9.33. The molecule has 1 fully saturated rings. The molecule has 0 bridgehead atoms. The second-order valence-electron chi connectivity index (χ2n) is 5.70. The van der Waals surface area contributed by atoms with Crippen molar-refractivity contribution >= 4 is 10.9 Å². The van der Waals surface area contributed by atoms with Crippen molar-refractivity contribution < 1.29 is 10.0 Å². The fourth-order valence-corrected chi connectivity index (χ4v) is 3.18. The summed E-state index contributed by atoms with van der Waals surface area (Å²) in [5, 5.41) is 11.5. The molecule has 1 aromatic heterocycles. The Kier molecular flexibility index (Phi) is 3.85. The average molecular weight is 259 g/mol. The van der Waals surface area contributed by atoms with E-state index in [4.69, 9.17) is 0 Å². The zero-order valence-corrected chi connectivity index (χ0v) is 11.4. The Morgan fingerprint density at radius 1 is 1.11 bits per heavy atom. The van der Waals surface area contributed by atoms with Crippen LogP contribution in [0.2, 0.25) is 0 Å². The summed E-state index contributed by atoms with van der Waals surface area (Å²) in [6, 6.07) is 10.5. The summed E-state index contributed by atoms with van der Waals surface area (Å²) in [5.74, 6) is 0. The number of hydrogen-bond acceptors (Lipinski definition) is 1. The maximum Gasteiger partial charge on any atom is 0.121 e. The fourth-order valence-electron chi connectivity index (χ4n) is 3.18. The number of aromatic nitrogens is 1. The van der Waals surface area contributed by atoms with Crippen LogP contribution in [0.1, 0.15) is 19.3 Å². The summed E-state index contributed by atoms with van der Waals surface area (Å²) in [4.78, 5) is 1.57. The second kappa shape index (κ2) is 5.76. The first-order valence-electron chi connectivity index (χ1n) is 7.38. The van der Waals surface area contributed by atoms with Crippen molar-refractivity contribution in [1.29, 1.82) is 0 Å². The van der Waals surface area contributed by atoms with Gasteiger partial charge in [-0.1, -0.05) is 18.2 Å². The van der Waals surface area contributed by atoms with Gasteiger partial charge in [-0.2, -0.15) is 0 Å². The number of piperidine rings is 1. The third-order valence-electron chi connectivity index (χ3n) is 4.17. The predicted molar refractivity (Wildman–Crippen MR) is 77.4 cm³/mol. The van der Waals surface area contributed by atoms with Crippen molar-refractivity contribution in [2.24, 2.45) is 0 Å². The minimum atomic E-state index is -0.246. The third-order valence-corrected chi connectivity index (χ3v) is 4.17. The van der Waals surface area contributed by atoms with E-state index in [1.54, 1.807) is 4.90 Å². The summed E-state index contributed by atoms with van der Waals surface area (Å²) in [6.45, 7) is 4.04. The van der Waals surface area contributed by atoms with Crippen LogP contribution in [0.4, 0.5) is 0 Å². The molecule has 3 nitrogen and oxygen atoms in total. The lowest BCUT2D eigenvalue weighted by Crippen LogP contribution is -3.13. The molecule has 2 N–H and O–H groups in total. The Morgan fingerprint density at radius 3 is 2.74 bits per heavy atom. The molecule has 1 atom stereocenters. The van der Waals surface area contributed by atoms with Crippen molar-refractivity contribution in [2.45, 2.75) is 31.9 Å². The number of quaternary nitrogens is 1. The molecule has 1 aliphatic rings. The van der Waals surface area contributed by atoms with Gasteiger partial charge in [0.1, 0.15) is 12.6 Å². The molecule has 0 amide bonds. The van der Waals surface area contributed by atoms with Crippen LogP contribution in [0, 0.1) is 0 Å². The van der Waals surface area contributed by atoms with Crippen molar-refractivity contribution in [1.82, 2.24) is 4.57 Å². The fraction of sp³-hybridized carbons (Fsp3) is 0.500. The van der Waals surface area contributed by atoms with Crippen molar-refractivity contribution in [3.63, 3.8) is 0 Å². The monoisotopic (exact) mass is 259 g/mol. The molecule has 19 heavy (non-hydrogen) atoms. The van der Waals surface area contributed by atoms with Gasteiger partial charge in [0.05, 0.1) is 19.6 Å². The zero-order chi connectivity index (χ0) is 13.1. The van der Waals surface area contributed by atoms with E-state index in [-0.39, 0.29) is 6.10 Å². The first-order valence-corrected chi connectivity index (χ1v) is 7.38. The number of para-hydroxylation sites is 1. The quantitative estimate of drug-likeness (QED) is 0.845. The summed E-state index contributed by atoms with van der Waals surface area (Å²) in [7, 11) is 0.